The maximum atomic E-state index is 5.63. The molecule has 16 heavy (non-hydrogen) atoms. The summed E-state index contributed by atoms with van der Waals surface area (Å²) >= 11 is 5.63. The minimum absolute atomic E-state index is 0.519. The monoisotopic (exact) mass is 239 g/mol. The molecule has 4 nitrogen and oxygen atoms in total. The second-order valence-electron chi connectivity index (χ2n) is 3.56. The molecule has 0 saturated carbocycles. The smallest absolute Gasteiger partial charge is 0.196 e. The van der Waals surface area contributed by atoms with Gasteiger partial charge in [0.05, 0.1) is 11.9 Å². The zero-order valence-electron chi connectivity index (χ0n) is 9.40. The number of alkyl halides is 1. The largest absolute Gasteiger partial charge is 0.439 e. The molecule has 0 saturated heterocycles. The summed E-state index contributed by atoms with van der Waals surface area (Å²) in [5.41, 5.74) is 2.00. The van der Waals surface area contributed by atoms with E-state index in [-0.39, 0.29) is 0 Å². The summed E-state index contributed by atoms with van der Waals surface area (Å²) in [4.78, 5) is 4.17. The van der Waals surface area contributed by atoms with Crippen LogP contribution >= 0.6 is 11.6 Å². The van der Waals surface area contributed by atoms with Crippen LogP contribution in [0.15, 0.2) is 16.7 Å². The number of nitrogens with zero attached hydrogens (tertiary/aromatic N) is 3. The van der Waals surface area contributed by atoms with E-state index in [9.17, 15) is 0 Å². The third-order valence-corrected chi connectivity index (χ3v) is 2.60. The summed E-state index contributed by atoms with van der Waals surface area (Å²) < 4.78 is 7.40. The zero-order chi connectivity index (χ0) is 11.5. The van der Waals surface area contributed by atoms with Gasteiger partial charge in [0.1, 0.15) is 5.69 Å². The first-order valence-electron chi connectivity index (χ1n) is 5.28. The molecular formula is C11H14ClN3O. The molecule has 0 atom stereocenters. The van der Waals surface area contributed by atoms with E-state index in [0.29, 0.717) is 18.2 Å². The molecule has 2 aromatic heterocycles. The first-order valence-corrected chi connectivity index (χ1v) is 5.82. The molecule has 2 aromatic rings. The highest BCUT2D eigenvalue weighted by Crippen LogP contribution is 2.21. The fraction of sp³-hybridized carbons (Fsp3) is 0.455. The summed E-state index contributed by atoms with van der Waals surface area (Å²) in [5.74, 6) is 1.94. The lowest BCUT2D eigenvalue weighted by atomic mass is 10.3. The van der Waals surface area contributed by atoms with E-state index in [1.165, 1.54) is 0 Å². The third kappa shape index (κ3) is 2.11. The van der Waals surface area contributed by atoms with Crippen LogP contribution < -0.4 is 0 Å². The van der Waals surface area contributed by atoms with Gasteiger partial charge < -0.3 is 4.42 Å². The Morgan fingerprint density at radius 1 is 1.50 bits per heavy atom. The Kier molecular flexibility index (Phi) is 3.29. The number of aryl methyl sites for hydroxylation is 3. The van der Waals surface area contributed by atoms with Crippen molar-refractivity contribution in [3.05, 3.63) is 23.8 Å². The number of hydrogen-bond acceptors (Lipinski definition) is 3. The topological polar surface area (TPSA) is 43.9 Å². The summed E-state index contributed by atoms with van der Waals surface area (Å²) in [6.07, 6.45) is 3.29. The van der Waals surface area contributed by atoms with E-state index < -0.39 is 0 Å². The van der Waals surface area contributed by atoms with Gasteiger partial charge in [-0.25, -0.2) is 4.98 Å². The normalized spacial score (nSPS) is 10.9. The molecule has 0 aliphatic rings. The van der Waals surface area contributed by atoms with Crippen molar-refractivity contribution in [2.45, 2.75) is 19.8 Å². The SMILES string of the molecule is CCc1cc(-c2cnc(CCCl)o2)n(C)n1. The van der Waals surface area contributed by atoms with Crippen molar-refractivity contribution in [1.29, 1.82) is 0 Å². The fourth-order valence-corrected chi connectivity index (χ4v) is 1.72. The Labute approximate surface area is 99.2 Å². The third-order valence-electron chi connectivity index (χ3n) is 2.41. The van der Waals surface area contributed by atoms with Crippen LogP contribution in [0.2, 0.25) is 0 Å². The van der Waals surface area contributed by atoms with Crippen LogP contribution in [0.1, 0.15) is 18.5 Å². The molecule has 86 valence electrons. The second kappa shape index (κ2) is 4.70. The molecule has 2 heterocycles. The summed E-state index contributed by atoms with van der Waals surface area (Å²) in [6, 6.07) is 2.02. The van der Waals surface area contributed by atoms with Crippen LogP contribution in [0, 0.1) is 0 Å². The molecule has 0 N–H and O–H groups in total. The van der Waals surface area contributed by atoms with Crippen LogP contribution in [0.5, 0.6) is 0 Å². The predicted molar refractivity (Wildman–Crippen MR) is 62.5 cm³/mol. The molecule has 0 bridgehead atoms. The van der Waals surface area contributed by atoms with Gasteiger partial charge in [-0.1, -0.05) is 6.92 Å². The minimum Gasteiger partial charge on any atom is -0.439 e. The number of hydrogen-bond donors (Lipinski definition) is 0. The minimum atomic E-state index is 0.519. The number of rotatable bonds is 4. The number of halogens is 1. The number of aromatic nitrogens is 3. The Morgan fingerprint density at radius 2 is 2.31 bits per heavy atom. The molecule has 0 fully saturated rings. The average molecular weight is 240 g/mol. The summed E-state index contributed by atoms with van der Waals surface area (Å²) in [5, 5.41) is 4.36. The molecule has 0 aliphatic carbocycles. The maximum Gasteiger partial charge on any atom is 0.196 e. The van der Waals surface area contributed by atoms with Crippen molar-refractivity contribution in [2.24, 2.45) is 7.05 Å². The van der Waals surface area contributed by atoms with Crippen LogP contribution in [-0.4, -0.2) is 20.6 Å². The van der Waals surface area contributed by atoms with Crippen LogP contribution in [0.25, 0.3) is 11.5 Å². The van der Waals surface area contributed by atoms with Gasteiger partial charge in [0.2, 0.25) is 0 Å². The van der Waals surface area contributed by atoms with Gasteiger partial charge in [-0.05, 0) is 12.5 Å². The lowest BCUT2D eigenvalue weighted by Gasteiger charge is -1.95. The van der Waals surface area contributed by atoms with E-state index in [4.69, 9.17) is 16.0 Å². The van der Waals surface area contributed by atoms with Crippen LogP contribution in [-0.2, 0) is 19.9 Å². The van der Waals surface area contributed by atoms with Crippen molar-refractivity contribution < 1.29 is 4.42 Å². The quantitative estimate of drug-likeness (QED) is 0.770. The summed E-state index contributed by atoms with van der Waals surface area (Å²) in [7, 11) is 1.90. The summed E-state index contributed by atoms with van der Waals surface area (Å²) in [6.45, 7) is 2.07. The molecular weight excluding hydrogens is 226 g/mol. The maximum absolute atomic E-state index is 5.63. The Balaban J connectivity index is 2.30. The highest BCUT2D eigenvalue weighted by atomic mass is 35.5. The molecule has 0 amide bonds. The van der Waals surface area contributed by atoms with Crippen molar-refractivity contribution in [1.82, 2.24) is 14.8 Å². The van der Waals surface area contributed by atoms with Gasteiger partial charge in [-0.2, -0.15) is 5.10 Å². The van der Waals surface area contributed by atoms with Crippen molar-refractivity contribution >= 4 is 11.6 Å². The average Bonchev–Trinajstić information content (AvgIpc) is 2.85. The van der Waals surface area contributed by atoms with Gasteiger partial charge in [0, 0.05) is 19.3 Å². The molecule has 0 aliphatic heterocycles. The van der Waals surface area contributed by atoms with Gasteiger partial charge in [-0.15, -0.1) is 11.6 Å². The molecule has 0 radical (unpaired) electrons. The highest BCUT2D eigenvalue weighted by molar-refractivity contribution is 6.17. The first kappa shape index (κ1) is 11.2. The van der Waals surface area contributed by atoms with E-state index >= 15 is 0 Å². The van der Waals surface area contributed by atoms with E-state index in [2.05, 4.69) is 17.0 Å². The van der Waals surface area contributed by atoms with E-state index in [1.54, 1.807) is 6.20 Å². The molecule has 2 rings (SSSR count). The van der Waals surface area contributed by atoms with E-state index in [0.717, 1.165) is 23.6 Å². The van der Waals surface area contributed by atoms with Crippen molar-refractivity contribution in [3.63, 3.8) is 0 Å². The standard InChI is InChI=1S/C11H14ClN3O/c1-3-8-6-9(15(2)14-8)10-7-13-11(16-10)4-5-12/h6-7H,3-5H2,1-2H3. The fourth-order valence-electron chi connectivity index (χ4n) is 1.56. The zero-order valence-corrected chi connectivity index (χ0v) is 10.2. The van der Waals surface area contributed by atoms with Crippen molar-refractivity contribution in [2.75, 3.05) is 5.88 Å². The second-order valence-corrected chi connectivity index (χ2v) is 3.93. The molecule has 0 aromatic carbocycles. The van der Waals surface area contributed by atoms with Crippen molar-refractivity contribution in [3.8, 4) is 11.5 Å². The highest BCUT2D eigenvalue weighted by Gasteiger charge is 2.11. The van der Waals surface area contributed by atoms with E-state index in [1.807, 2.05) is 17.8 Å². The van der Waals surface area contributed by atoms with Gasteiger partial charge >= 0.3 is 0 Å². The predicted octanol–water partition coefficient (Wildman–Crippen LogP) is 2.42. The number of oxazole rings is 1. The van der Waals surface area contributed by atoms with Gasteiger partial charge in [0.25, 0.3) is 0 Å². The Morgan fingerprint density at radius 3 is 2.94 bits per heavy atom. The lowest BCUT2D eigenvalue weighted by molar-refractivity contribution is 0.509. The molecule has 0 unspecified atom stereocenters. The molecule has 5 heteroatoms. The lowest BCUT2D eigenvalue weighted by Crippen LogP contribution is -1.93. The Hall–Kier alpha value is -1.29. The van der Waals surface area contributed by atoms with Crippen LogP contribution in [0.4, 0.5) is 0 Å². The van der Waals surface area contributed by atoms with Gasteiger partial charge in [0.15, 0.2) is 11.7 Å². The Bertz CT molecular complexity index is 475. The van der Waals surface area contributed by atoms with Gasteiger partial charge in [-0.3, -0.25) is 4.68 Å². The van der Waals surface area contributed by atoms with Crippen LogP contribution in [0.3, 0.4) is 0 Å². The molecule has 0 spiro atoms. The first-order chi connectivity index (χ1) is 7.74.